The number of aromatic nitrogens is 1. The topological polar surface area (TPSA) is 39.7 Å². The van der Waals surface area contributed by atoms with Gasteiger partial charge in [0.2, 0.25) is 5.91 Å². The highest BCUT2D eigenvalue weighted by Crippen LogP contribution is 2.31. The number of rotatable bonds is 3. The minimum absolute atomic E-state index is 0.0303. The summed E-state index contributed by atoms with van der Waals surface area (Å²) in [5, 5.41) is 0. The zero-order chi connectivity index (χ0) is 19.7. The van der Waals surface area contributed by atoms with Gasteiger partial charge >= 0.3 is 6.18 Å². The maximum Gasteiger partial charge on any atom is 0.433 e. The first-order chi connectivity index (χ1) is 13.4. The van der Waals surface area contributed by atoms with E-state index in [1.807, 2.05) is 9.80 Å². The first kappa shape index (κ1) is 19.5. The van der Waals surface area contributed by atoms with E-state index in [2.05, 4.69) is 9.88 Å². The van der Waals surface area contributed by atoms with E-state index >= 15 is 0 Å². The van der Waals surface area contributed by atoms with Crippen molar-refractivity contribution in [1.29, 1.82) is 0 Å². The predicted octanol–water partition coefficient (Wildman–Crippen LogP) is 3.01. The lowest BCUT2D eigenvalue weighted by Crippen LogP contribution is -2.55. The van der Waals surface area contributed by atoms with Crippen molar-refractivity contribution < 1.29 is 18.0 Å². The van der Waals surface area contributed by atoms with E-state index in [0.717, 1.165) is 38.3 Å². The van der Waals surface area contributed by atoms with Crippen LogP contribution in [0.4, 0.5) is 19.0 Å². The highest BCUT2D eigenvalue weighted by Gasteiger charge is 2.35. The molecule has 2 aliphatic heterocycles. The molecular weight excluding hydrogens is 369 g/mol. The molecule has 0 bridgehead atoms. The van der Waals surface area contributed by atoms with Gasteiger partial charge in [-0.3, -0.25) is 9.69 Å². The molecule has 0 atom stereocenters. The first-order valence-corrected chi connectivity index (χ1v) is 10.2. The summed E-state index contributed by atoms with van der Waals surface area (Å²) in [6.45, 7) is 4.64. The smallest absolute Gasteiger partial charge is 0.357 e. The summed E-state index contributed by atoms with van der Waals surface area (Å²) in [6, 6.07) is 4.71. The highest BCUT2D eigenvalue weighted by molar-refractivity contribution is 5.79. The number of halogens is 3. The zero-order valence-corrected chi connectivity index (χ0v) is 16.0. The van der Waals surface area contributed by atoms with Crippen molar-refractivity contribution in [2.24, 2.45) is 5.92 Å². The van der Waals surface area contributed by atoms with E-state index in [4.69, 9.17) is 0 Å². The number of piperazine rings is 1. The van der Waals surface area contributed by atoms with Gasteiger partial charge in [-0.05, 0) is 37.8 Å². The van der Waals surface area contributed by atoms with Crippen LogP contribution in [-0.4, -0.2) is 66.0 Å². The van der Waals surface area contributed by atoms with Crippen molar-refractivity contribution in [2.45, 2.75) is 44.3 Å². The quantitative estimate of drug-likeness (QED) is 0.788. The standard InChI is InChI=1S/C20H27F3N4O/c21-20(22,23)17-5-2-6-18(24-17)26-9-7-15(8-10-26)19(28)27-13-11-25(12-14-27)16-3-1-4-16/h2,5-6,15-16H,1,3-4,7-14H2. The van der Waals surface area contributed by atoms with E-state index in [1.54, 1.807) is 6.07 Å². The van der Waals surface area contributed by atoms with Crippen molar-refractivity contribution in [2.75, 3.05) is 44.2 Å². The van der Waals surface area contributed by atoms with Gasteiger partial charge in [-0.15, -0.1) is 0 Å². The van der Waals surface area contributed by atoms with Crippen LogP contribution in [-0.2, 0) is 11.0 Å². The van der Waals surface area contributed by atoms with E-state index in [9.17, 15) is 18.0 Å². The number of nitrogens with zero attached hydrogens (tertiary/aromatic N) is 4. The van der Waals surface area contributed by atoms with Crippen LogP contribution in [0.2, 0.25) is 0 Å². The number of hydrogen-bond donors (Lipinski definition) is 0. The van der Waals surface area contributed by atoms with Crippen LogP contribution in [0.25, 0.3) is 0 Å². The maximum atomic E-state index is 12.9. The number of carbonyl (C=O) groups is 1. The molecule has 3 fully saturated rings. The monoisotopic (exact) mass is 396 g/mol. The molecule has 5 nitrogen and oxygen atoms in total. The molecule has 0 aromatic carbocycles. The Morgan fingerprint density at radius 3 is 2.21 bits per heavy atom. The lowest BCUT2D eigenvalue weighted by atomic mass is 9.90. The lowest BCUT2D eigenvalue weighted by molar-refractivity contribution is -0.141. The molecule has 4 rings (SSSR count). The molecule has 1 saturated carbocycles. The molecule has 1 amide bonds. The van der Waals surface area contributed by atoms with Crippen LogP contribution in [0.3, 0.4) is 0 Å². The lowest BCUT2D eigenvalue weighted by Gasteiger charge is -2.44. The van der Waals surface area contributed by atoms with Gasteiger partial charge in [-0.2, -0.15) is 13.2 Å². The van der Waals surface area contributed by atoms with Gasteiger partial charge in [0.15, 0.2) is 0 Å². The summed E-state index contributed by atoms with van der Waals surface area (Å²) >= 11 is 0. The van der Waals surface area contributed by atoms with Crippen LogP contribution in [0.15, 0.2) is 18.2 Å². The second-order valence-electron chi connectivity index (χ2n) is 8.09. The van der Waals surface area contributed by atoms with Gasteiger partial charge in [0.25, 0.3) is 0 Å². The molecule has 0 N–H and O–H groups in total. The Morgan fingerprint density at radius 1 is 0.964 bits per heavy atom. The minimum Gasteiger partial charge on any atom is -0.357 e. The normalized spacial score (nSPS) is 23.0. The number of amides is 1. The van der Waals surface area contributed by atoms with Crippen molar-refractivity contribution in [3.8, 4) is 0 Å². The van der Waals surface area contributed by atoms with Crippen molar-refractivity contribution in [3.05, 3.63) is 23.9 Å². The number of alkyl halides is 3. The van der Waals surface area contributed by atoms with Crippen LogP contribution in [0.1, 0.15) is 37.8 Å². The van der Waals surface area contributed by atoms with E-state index in [0.29, 0.717) is 31.7 Å². The summed E-state index contributed by atoms with van der Waals surface area (Å²) in [6.07, 6.45) is 0.792. The molecule has 8 heteroatoms. The van der Waals surface area contributed by atoms with Crippen LogP contribution >= 0.6 is 0 Å². The van der Waals surface area contributed by atoms with Crippen LogP contribution in [0, 0.1) is 5.92 Å². The number of hydrogen-bond acceptors (Lipinski definition) is 4. The Bertz CT molecular complexity index is 691. The number of pyridine rings is 1. The Balaban J connectivity index is 1.29. The van der Waals surface area contributed by atoms with E-state index in [-0.39, 0.29) is 11.8 Å². The summed E-state index contributed by atoms with van der Waals surface area (Å²) in [4.78, 5) is 23.0. The molecule has 3 aliphatic rings. The van der Waals surface area contributed by atoms with Gasteiger partial charge < -0.3 is 9.80 Å². The van der Waals surface area contributed by atoms with Crippen LogP contribution in [0.5, 0.6) is 0 Å². The highest BCUT2D eigenvalue weighted by atomic mass is 19.4. The maximum absolute atomic E-state index is 12.9. The zero-order valence-electron chi connectivity index (χ0n) is 16.0. The second-order valence-corrected chi connectivity index (χ2v) is 8.09. The van der Waals surface area contributed by atoms with Gasteiger partial charge in [-0.1, -0.05) is 12.5 Å². The minimum atomic E-state index is -4.44. The fourth-order valence-corrected chi connectivity index (χ4v) is 4.43. The Kier molecular flexibility index (Phi) is 5.49. The molecule has 28 heavy (non-hydrogen) atoms. The molecule has 1 aromatic heterocycles. The second kappa shape index (κ2) is 7.89. The molecular formula is C20H27F3N4O. The van der Waals surface area contributed by atoms with Gasteiger partial charge in [-0.25, -0.2) is 4.98 Å². The third kappa shape index (κ3) is 4.11. The third-order valence-electron chi connectivity index (χ3n) is 6.41. The van der Waals surface area contributed by atoms with Crippen LogP contribution < -0.4 is 4.90 Å². The average molecular weight is 396 g/mol. The van der Waals surface area contributed by atoms with Crippen molar-refractivity contribution in [3.63, 3.8) is 0 Å². The van der Waals surface area contributed by atoms with E-state index < -0.39 is 11.9 Å². The van der Waals surface area contributed by atoms with Crippen molar-refractivity contribution >= 4 is 11.7 Å². The predicted molar refractivity (Wildman–Crippen MR) is 100.0 cm³/mol. The van der Waals surface area contributed by atoms with E-state index in [1.165, 1.54) is 25.3 Å². The molecule has 1 aromatic rings. The SMILES string of the molecule is O=C(C1CCN(c2cccc(C(F)(F)F)n2)CC1)N1CCN(C2CCC2)CC1. The van der Waals surface area contributed by atoms with Crippen molar-refractivity contribution in [1.82, 2.24) is 14.8 Å². The summed E-state index contributed by atoms with van der Waals surface area (Å²) in [5.41, 5.74) is -0.868. The first-order valence-electron chi connectivity index (χ1n) is 10.2. The summed E-state index contributed by atoms with van der Waals surface area (Å²) in [7, 11) is 0. The number of piperidine rings is 1. The third-order valence-corrected chi connectivity index (χ3v) is 6.41. The molecule has 1 aliphatic carbocycles. The number of carbonyl (C=O) groups excluding carboxylic acids is 1. The molecule has 3 heterocycles. The van der Waals surface area contributed by atoms with Gasteiger partial charge in [0.05, 0.1) is 0 Å². The van der Waals surface area contributed by atoms with Gasteiger partial charge in [0, 0.05) is 51.2 Å². The number of anilines is 1. The molecule has 154 valence electrons. The average Bonchev–Trinajstić information content (AvgIpc) is 2.66. The fraction of sp³-hybridized carbons (Fsp3) is 0.700. The molecule has 0 radical (unpaired) electrons. The summed E-state index contributed by atoms with van der Waals surface area (Å²) < 4.78 is 38.6. The van der Waals surface area contributed by atoms with Gasteiger partial charge in [0.1, 0.15) is 11.5 Å². The molecule has 0 spiro atoms. The molecule has 2 saturated heterocycles. The fourth-order valence-electron chi connectivity index (χ4n) is 4.43. The molecule has 0 unspecified atom stereocenters. The Hall–Kier alpha value is -1.83. The largest absolute Gasteiger partial charge is 0.433 e. The Labute approximate surface area is 163 Å². The summed E-state index contributed by atoms with van der Waals surface area (Å²) in [5.74, 6) is 0.525. The Morgan fingerprint density at radius 2 is 1.64 bits per heavy atom.